The Hall–Kier alpha value is -1.09. The average molecular weight is 294 g/mol. The predicted octanol–water partition coefficient (Wildman–Crippen LogP) is 4.90. The molecule has 3 heteroatoms. The fraction of sp³-hybridized carbons (Fsp3) is 0.667. The molecule has 0 radical (unpaired) electrons. The van der Waals surface area contributed by atoms with Gasteiger partial charge < -0.3 is 10.2 Å². The lowest BCUT2D eigenvalue weighted by atomic mass is 10.0. The molecule has 1 aromatic carbocycles. The smallest absolute Gasteiger partial charge is 0.123 e. The van der Waals surface area contributed by atoms with E-state index in [1.807, 2.05) is 6.07 Å². The van der Waals surface area contributed by atoms with Gasteiger partial charge in [-0.3, -0.25) is 0 Å². The molecule has 1 unspecified atom stereocenters. The van der Waals surface area contributed by atoms with E-state index in [2.05, 4.69) is 44.8 Å². The molecule has 2 nitrogen and oxygen atoms in total. The van der Waals surface area contributed by atoms with Crippen LogP contribution in [-0.2, 0) is 0 Å². The molecule has 0 aliphatic rings. The maximum atomic E-state index is 13.7. The first-order valence-electron chi connectivity index (χ1n) is 8.30. The zero-order valence-corrected chi connectivity index (χ0v) is 14.2. The van der Waals surface area contributed by atoms with Crippen molar-refractivity contribution in [2.24, 2.45) is 0 Å². The van der Waals surface area contributed by atoms with Crippen LogP contribution < -0.4 is 10.2 Å². The molecular weight excluding hydrogens is 263 g/mol. The number of nitrogens with zero attached hydrogens (tertiary/aromatic N) is 1. The number of nitrogens with one attached hydrogen (secondary N) is 1. The lowest BCUT2D eigenvalue weighted by Gasteiger charge is -2.32. The van der Waals surface area contributed by atoms with E-state index in [9.17, 15) is 4.39 Å². The summed E-state index contributed by atoms with van der Waals surface area (Å²) in [5, 5.41) is 3.40. The summed E-state index contributed by atoms with van der Waals surface area (Å²) in [5.41, 5.74) is 2.22. The summed E-state index contributed by atoms with van der Waals surface area (Å²) in [4.78, 5) is 2.40. The van der Waals surface area contributed by atoms with E-state index in [0.29, 0.717) is 6.04 Å². The molecule has 1 atom stereocenters. The molecular formula is C18H31FN2. The van der Waals surface area contributed by atoms with Gasteiger partial charge >= 0.3 is 0 Å². The van der Waals surface area contributed by atoms with Gasteiger partial charge in [-0.1, -0.05) is 26.7 Å². The van der Waals surface area contributed by atoms with Crippen molar-refractivity contribution in [2.45, 2.75) is 66.0 Å². The van der Waals surface area contributed by atoms with Crippen LogP contribution in [0.3, 0.4) is 0 Å². The Balaban J connectivity index is 3.05. The number of hydrogen-bond donors (Lipinski definition) is 1. The van der Waals surface area contributed by atoms with E-state index in [1.165, 1.54) is 19.3 Å². The molecule has 21 heavy (non-hydrogen) atoms. The normalized spacial score (nSPS) is 12.7. The molecule has 1 N–H and O–H groups in total. The number of anilines is 1. The van der Waals surface area contributed by atoms with Crippen LogP contribution in [0.2, 0.25) is 0 Å². The van der Waals surface area contributed by atoms with E-state index >= 15 is 0 Å². The standard InChI is InChI=1S/C18H31FN2/c1-6-8-9-12-21(14(3)4)18-11-10-16(19)13-17(18)15(5)20-7-2/h10-11,13-15,20H,6-9,12H2,1-5H3. The van der Waals surface area contributed by atoms with E-state index in [4.69, 9.17) is 0 Å². The second kappa shape index (κ2) is 9.04. The van der Waals surface area contributed by atoms with Crippen LogP contribution in [0, 0.1) is 5.82 Å². The second-order valence-electron chi connectivity index (χ2n) is 5.98. The van der Waals surface area contributed by atoms with Crippen molar-refractivity contribution in [3.8, 4) is 0 Å². The molecule has 0 aliphatic heterocycles. The van der Waals surface area contributed by atoms with E-state index in [-0.39, 0.29) is 11.9 Å². The zero-order chi connectivity index (χ0) is 15.8. The van der Waals surface area contributed by atoms with Gasteiger partial charge in [-0.2, -0.15) is 0 Å². The molecule has 0 saturated heterocycles. The van der Waals surface area contributed by atoms with Gasteiger partial charge in [0.25, 0.3) is 0 Å². The molecule has 120 valence electrons. The Labute approximate surface area is 129 Å². The molecule has 1 rings (SSSR count). The minimum Gasteiger partial charge on any atom is -0.369 e. The van der Waals surface area contributed by atoms with E-state index in [0.717, 1.165) is 24.3 Å². The first-order chi connectivity index (χ1) is 10.0. The number of rotatable bonds is 9. The topological polar surface area (TPSA) is 15.3 Å². The van der Waals surface area contributed by atoms with Crippen LogP contribution >= 0.6 is 0 Å². The van der Waals surface area contributed by atoms with Gasteiger partial charge in [0.05, 0.1) is 0 Å². The Morgan fingerprint density at radius 3 is 2.43 bits per heavy atom. The van der Waals surface area contributed by atoms with E-state index < -0.39 is 0 Å². The van der Waals surface area contributed by atoms with Crippen molar-refractivity contribution in [2.75, 3.05) is 18.0 Å². The summed E-state index contributed by atoms with van der Waals surface area (Å²) in [6, 6.07) is 5.77. The monoisotopic (exact) mass is 294 g/mol. The van der Waals surface area contributed by atoms with Gasteiger partial charge in [-0.25, -0.2) is 4.39 Å². The fourth-order valence-electron chi connectivity index (χ4n) is 2.74. The molecule has 0 amide bonds. The number of benzene rings is 1. The first-order valence-corrected chi connectivity index (χ1v) is 8.30. The Bertz CT molecular complexity index is 418. The van der Waals surface area contributed by atoms with Gasteiger partial charge in [0.1, 0.15) is 5.82 Å². The van der Waals surface area contributed by atoms with Gasteiger partial charge in [0.2, 0.25) is 0 Å². The number of halogens is 1. The minimum absolute atomic E-state index is 0.157. The van der Waals surface area contributed by atoms with E-state index in [1.54, 1.807) is 12.1 Å². The predicted molar refractivity (Wildman–Crippen MR) is 90.5 cm³/mol. The van der Waals surface area contributed by atoms with Gasteiger partial charge in [0, 0.05) is 24.3 Å². The van der Waals surface area contributed by atoms with Crippen molar-refractivity contribution in [3.63, 3.8) is 0 Å². The fourth-order valence-corrected chi connectivity index (χ4v) is 2.74. The van der Waals surface area contributed by atoms with Gasteiger partial charge in [-0.15, -0.1) is 0 Å². The summed E-state index contributed by atoms with van der Waals surface area (Å²) < 4.78 is 13.7. The molecule has 0 fully saturated rings. The molecule has 0 bridgehead atoms. The molecule has 0 heterocycles. The van der Waals surface area contributed by atoms with Crippen LogP contribution in [-0.4, -0.2) is 19.1 Å². The second-order valence-corrected chi connectivity index (χ2v) is 5.98. The Morgan fingerprint density at radius 1 is 1.14 bits per heavy atom. The summed E-state index contributed by atoms with van der Waals surface area (Å²) in [5.74, 6) is -0.157. The first kappa shape index (κ1) is 18.0. The largest absolute Gasteiger partial charge is 0.369 e. The summed E-state index contributed by atoms with van der Waals surface area (Å²) in [6.45, 7) is 12.7. The summed E-state index contributed by atoms with van der Waals surface area (Å²) in [6.07, 6.45) is 3.64. The lowest BCUT2D eigenvalue weighted by Crippen LogP contribution is -2.33. The lowest BCUT2D eigenvalue weighted by molar-refractivity contribution is 0.571. The average Bonchev–Trinajstić information content (AvgIpc) is 2.44. The highest BCUT2D eigenvalue weighted by molar-refractivity contribution is 5.55. The van der Waals surface area contributed by atoms with Crippen molar-refractivity contribution < 1.29 is 4.39 Å². The van der Waals surface area contributed by atoms with Crippen LogP contribution in [0.15, 0.2) is 18.2 Å². The molecule has 0 spiro atoms. The van der Waals surface area contributed by atoms with Crippen LogP contribution in [0.5, 0.6) is 0 Å². The van der Waals surface area contributed by atoms with Crippen molar-refractivity contribution in [3.05, 3.63) is 29.6 Å². The SMILES string of the molecule is CCCCCN(c1ccc(F)cc1C(C)NCC)C(C)C. The third kappa shape index (κ3) is 5.31. The Morgan fingerprint density at radius 2 is 1.86 bits per heavy atom. The minimum atomic E-state index is -0.157. The molecule has 0 aliphatic carbocycles. The quantitative estimate of drug-likeness (QED) is 0.652. The maximum absolute atomic E-state index is 13.7. The summed E-state index contributed by atoms with van der Waals surface area (Å²) >= 11 is 0. The zero-order valence-electron chi connectivity index (χ0n) is 14.2. The maximum Gasteiger partial charge on any atom is 0.123 e. The van der Waals surface area contributed by atoms with Crippen molar-refractivity contribution in [1.82, 2.24) is 5.32 Å². The third-order valence-corrected chi connectivity index (χ3v) is 3.90. The van der Waals surface area contributed by atoms with Crippen molar-refractivity contribution in [1.29, 1.82) is 0 Å². The highest BCUT2D eigenvalue weighted by atomic mass is 19.1. The van der Waals surface area contributed by atoms with Crippen molar-refractivity contribution >= 4 is 5.69 Å². The highest BCUT2D eigenvalue weighted by Gasteiger charge is 2.18. The highest BCUT2D eigenvalue weighted by Crippen LogP contribution is 2.29. The van der Waals surface area contributed by atoms with Crippen LogP contribution in [0.1, 0.15) is 65.5 Å². The van der Waals surface area contributed by atoms with Gasteiger partial charge in [-0.05, 0) is 57.5 Å². The molecule has 0 aromatic heterocycles. The molecule has 1 aromatic rings. The number of hydrogen-bond acceptors (Lipinski definition) is 2. The van der Waals surface area contributed by atoms with Gasteiger partial charge in [0.15, 0.2) is 0 Å². The Kier molecular flexibility index (Phi) is 7.73. The summed E-state index contributed by atoms with van der Waals surface area (Å²) in [7, 11) is 0. The van der Waals surface area contributed by atoms with Crippen LogP contribution in [0.4, 0.5) is 10.1 Å². The molecule has 0 saturated carbocycles. The van der Waals surface area contributed by atoms with Crippen LogP contribution in [0.25, 0.3) is 0 Å². The third-order valence-electron chi connectivity index (χ3n) is 3.90. The number of unbranched alkanes of at least 4 members (excludes halogenated alkanes) is 2.